The number of hydrogen-bond donors (Lipinski definition) is 3. The first-order valence-electron chi connectivity index (χ1n) is 5.71. The SMILES string of the molecule is Cc1cn[nH]c1NS(=O)(=O)c1c(C)cc(N)cc1C. The van der Waals surface area contributed by atoms with Gasteiger partial charge in [0, 0.05) is 11.3 Å². The molecular formula is C12H16N4O2S. The smallest absolute Gasteiger partial charge is 0.263 e. The first kappa shape index (κ1) is 13.4. The molecular weight excluding hydrogens is 264 g/mol. The van der Waals surface area contributed by atoms with Crippen molar-refractivity contribution in [3.63, 3.8) is 0 Å². The summed E-state index contributed by atoms with van der Waals surface area (Å²) < 4.78 is 27.3. The van der Waals surface area contributed by atoms with E-state index in [4.69, 9.17) is 5.73 Å². The van der Waals surface area contributed by atoms with Crippen LogP contribution in [0, 0.1) is 20.8 Å². The lowest BCUT2D eigenvalue weighted by molar-refractivity contribution is 0.600. The molecule has 4 N–H and O–H groups in total. The van der Waals surface area contributed by atoms with Crippen LogP contribution in [0.3, 0.4) is 0 Å². The number of rotatable bonds is 3. The van der Waals surface area contributed by atoms with Crippen LogP contribution in [0.1, 0.15) is 16.7 Å². The Bertz CT molecular complexity index is 696. The molecule has 0 atom stereocenters. The number of aromatic nitrogens is 2. The van der Waals surface area contributed by atoms with Crippen molar-refractivity contribution in [1.82, 2.24) is 10.2 Å². The average Bonchev–Trinajstić information content (AvgIpc) is 2.61. The van der Waals surface area contributed by atoms with Crippen molar-refractivity contribution in [2.75, 3.05) is 10.5 Å². The molecule has 2 rings (SSSR count). The van der Waals surface area contributed by atoms with Gasteiger partial charge in [0.15, 0.2) is 0 Å². The van der Waals surface area contributed by atoms with Gasteiger partial charge in [0.25, 0.3) is 10.0 Å². The predicted molar refractivity (Wildman–Crippen MR) is 74.5 cm³/mol. The average molecular weight is 280 g/mol. The lowest BCUT2D eigenvalue weighted by atomic mass is 10.1. The molecule has 2 aromatic rings. The second-order valence-electron chi connectivity index (χ2n) is 4.52. The Morgan fingerprint density at radius 2 is 1.74 bits per heavy atom. The Kier molecular flexibility index (Phi) is 3.23. The van der Waals surface area contributed by atoms with Crippen LogP contribution in [0.5, 0.6) is 0 Å². The molecule has 0 spiro atoms. The van der Waals surface area contributed by atoms with E-state index < -0.39 is 10.0 Å². The molecule has 0 amide bonds. The number of nitrogens with one attached hydrogen (secondary N) is 2. The van der Waals surface area contributed by atoms with Gasteiger partial charge >= 0.3 is 0 Å². The predicted octanol–water partition coefficient (Wildman–Crippen LogP) is 1.72. The number of anilines is 2. The van der Waals surface area contributed by atoms with Gasteiger partial charge in [-0.3, -0.25) is 9.82 Å². The van der Waals surface area contributed by atoms with E-state index in [0.29, 0.717) is 22.6 Å². The van der Waals surface area contributed by atoms with Crippen LogP contribution >= 0.6 is 0 Å². The zero-order valence-electron chi connectivity index (χ0n) is 11.0. The van der Waals surface area contributed by atoms with Gasteiger partial charge in [-0.05, 0) is 44.0 Å². The summed E-state index contributed by atoms with van der Waals surface area (Å²) in [5.41, 5.74) is 8.21. The Morgan fingerprint density at radius 3 is 2.21 bits per heavy atom. The molecule has 102 valence electrons. The van der Waals surface area contributed by atoms with Gasteiger partial charge in [0.1, 0.15) is 5.82 Å². The van der Waals surface area contributed by atoms with Gasteiger partial charge in [0.2, 0.25) is 0 Å². The molecule has 0 aliphatic rings. The highest BCUT2D eigenvalue weighted by molar-refractivity contribution is 7.92. The number of H-pyrrole nitrogens is 1. The second-order valence-corrected chi connectivity index (χ2v) is 6.14. The summed E-state index contributed by atoms with van der Waals surface area (Å²) in [4.78, 5) is 0.246. The third-order valence-corrected chi connectivity index (χ3v) is 4.47. The third-order valence-electron chi connectivity index (χ3n) is 2.82. The van der Waals surface area contributed by atoms with Crippen molar-refractivity contribution >= 4 is 21.5 Å². The fourth-order valence-electron chi connectivity index (χ4n) is 2.04. The Labute approximate surface area is 112 Å². The molecule has 0 unspecified atom stereocenters. The maximum atomic E-state index is 12.4. The zero-order chi connectivity index (χ0) is 14.2. The normalized spacial score (nSPS) is 11.5. The highest BCUT2D eigenvalue weighted by atomic mass is 32.2. The fourth-order valence-corrected chi connectivity index (χ4v) is 3.59. The second kappa shape index (κ2) is 4.58. The maximum absolute atomic E-state index is 12.4. The lowest BCUT2D eigenvalue weighted by Gasteiger charge is -2.13. The molecule has 1 aromatic heterocycles. The Morgan fingerprint density at radius 1 is 1.16 bits per heavy atom. The summed E-state index contributed by atoms with van der Waals surface area (Å²) in [6.07, 6.45) is 1.56. The van der Waals surface area contributed by atoms with Crippen LogP contribution in [0.25, 0.3) is 0 Å². The Hall–Kier alpha value is -2.02. The Balaban J connectivity index is 2.49. The highest BCUT2D eigenvalue weighted by Crippen LogP contribution is 2.25. The number of sulfonamides is 1. The number of hydrogen-bond acceptors (Lipinski definition) is 4. The van der Waals surface area contributed by atoms with E-state index in [-0.39, 0.29) is 4.90 Å². The first-order valence-corrected chi connectivity index (χ1v) is 7.19. The van der Waals surface area contributed by atoms with Gasteiger partial charge in [-0.1, -0.05) is 0 Å². The van der Waals surface area contributed by atoms with Crippen molar-refractivity contribution in [2.45, 2.75) is 25.7 Å². The summed E-state index contributed by atoms with van der Waals surface area (Å²) >= 11 is 0. The molecule has 7 heteroatoms. The molecule has 0 saturated carbocycles. The number of aryl methyl sites for hydroxylation is 3. The standard InChI is InChI=1S/C12H16N4O2S/c1-7-4-10(13)5-8(2)11(7)19(17,18)16-12-9(3)6-14-15-12/h4-6H,13H2,1-3H3,(H2,14,15,16). The molecule has 0 aliphatic heterocycles. The summed E-state index contributed by atoms with van der Waals surface area (Å²) in [6.45, 7) is 5.21. The molecule has 0 fully saturated rings. The molecule has 1 aromatic carbocycles. The molecule has 0 radical (unpaired) electrons. The fraction of sp³-hybridized carbons (Fsp3) is 0.250. The highest BCUT2D eigenvalue weighted by Gasteiger charge is 2.21. The molecule has 19 heavy (non-hydrogen) atoms. The third kappa shape index (κ3) is 2.55. The van der Waals surface area contributed by atoms with E-state index in [1.54, 1.807) is 39.1 Å². The van der Waals surface area contributed by atoms with Crippen molar-refractivity contribution in [3.05, 3.63) is 35.0 Å². The maximum Gasteiger partial charge on any atom is 0.263 e. The van der Waals surface area contributed by atoms with Crippen LogP contribution in [0.15, 0.2) is 23.2 Å². The van der Waals surface area contributed by atoms with Gasteiger partial charge < -0.3 is 5.73 Å². The van der Waals surface area contributed by atoms with Crippen molar-refractivity contribution in [2.24, 2.45) is 0 Å². The first-order chi connectivity index (χ1) is 8.81. The van der Waals surface area contributed by atoms with Crippen molar-refractivity contribution < 1.29 is 8.42 Å². The quantitative estimate of drug-likeness (QED) is 0.745. The summed E-state index contributed by atoms with van der Waals surface area (Å²) in [7, 11) is -3.66. The van der Waals surface area contributed by atoms with E-state index in [1.807, 2.05) is 0 Å². The van der Waals surface area contributed by atoms with Gasteiger partial charge in [0.05, 0.1) is 11.1 Å². The molecule has 0 saturated heterocycles. The van der Waals surface area contributed by atoms with Gasteiger partial charge in [-0.2, -0.15) is 5.10 Å². The lowest BCUT2D eigenvalue weighted by Crippen LogP contribution is -2.16. The number of nitrogens with zero attached hydrogens (tertiary/aromatic N) is 1. The summed E-state index contributed by atoms with van der Waals surface area (Å²) in [6, 6.07) is 3.28. The van der Waals surface area contributed by atoms with E-state index in [0.717, 1.165) is 5.56 Å². The van der Waals surface area contributed by atoms with Crippen LogP contribution in [0.2, 0.25) is 0 Å². The topological polar surface area (TPSA) is 101 Å². The number of nitrogen functional groups attached to an aromatic ring is 1. The van der Waals surface area contributed by atoms with E-state index in [2.05, 4.69) is 14.9 Å². The molecule has 1 heterocycles. The van der Waals surface area contributed by atoms with Gasteiger partial charge in [-0.25, -0.2) is 8.42 Å². The minimum atomic E-state index is -3.66. The van der Waals surface area contributed by atoms with E-state index in [9.17, 15) is 8.42 Å². The van der Waals surface area contributed by atoms with Crippen LogP contribution in [-0.2, 0) is 10.0 Å². The molecule has 0 aliphatic carbocycles. The number of aromatic amines is 1. The van der Waals surface area contributed by atoms with Crippen LogP contribution < -0.4 is 10.5 Å². The number of nitrogens with two attached hydrogens (primary N) is 1. The largest absolute Gasteiger partial charge is 0.399 e. The van der Waals surface area contributed by atoms with Gasteiger partial charge in [-0.15, -0.1) is 0 Å². The minimum absolute atomic E-state index is 0.246. The van der Waals surface area contributed by atoms with E-state index in [1.165, 1.54) is 0 Å². The van der Waals surface area contributed by atoms with Crippen molar-refractivity contribution in [1.29, 1.82) is 0 Å². The van der Waals surface area contributed by atoms with E-state index >= 15 is 0 Å². The zero-order valence-corrected chi connectivity index (χ0v) is 11.8. The molecule has 0 bridgehead atoms. The number of benzene rings is 1. The summed E-state index contributed by atoms with van der Waals surface area (Å²) in [5, 5.41) is 6.40. The monoisotopic (exact) mass is 280 g/mol. The van der Waals surface area contributed by atoms with Crippen molar-refractivity contribution in [3.8, 4) is 0 Å². The van der Waals surface area contributed by atoms with Crippen LogP contribution in [-0.4, -0.2) is 18.6 Å². The minimum Gasteiger partial charge on any atom is -0.399 e. The van der Waals surface area contributed by atoms with Crippen LogP contribution in [0.4, 0.5) is 11.5 Å². The molecule has 6 nitrogen and oxygen atoms in total. The summed E-state index contributed by atoms with van der Waals surface area (Å²) in [5.74, 6) is 0.371.